The first-order valence-electron chi connectivity index (χ1n) is 8.40. The number of carbonyl (C=O) groups is 1. The van der Waals surface area contributed by atoms with Gasteiger partial charge in [0.2, 0.25) is 5.91 Å². The molecule has 0 saturated carbocycles. The number of rotatable bonds is 3. The fraction of sp³-hybridized carbons (Fsp3) is 0.350. The van der Waals surface area contributed by atoms with Crippen molar-refractivity contribution in [2.24, 2.45) is 0 Å². The maximum atomic E-state index is 12.9. The number of fused-ring (bicyclic) bond motifs is 1. The highest BCUT2D eigenvalue weighted by Gasteiger charge is 2.26. The fourth-order valence-corrected chi connectivity index (χ4v) is 4.29. The Morgan fingerprint density at radius 1 is 1.32 bits per heavy atom. The summed E-state index contributed by atoms with van der Waals surface area (Å²) in [5.74, 6) is 0.101. The summed E-state index contributed by atoms with van der Waals surface area (Å²) in [4.78, 5) is 19.3. The van der Waals surface area contributed by atoms with Gasteiger partial charge < -0.3 is 4.90 Å². The summed E-state index contributed by atoms with van der Waals surface area (Å²) < 4.78 is 0. The summed E-state index contributed by atoms with van der Waals surface area (Å²) in [7, 11) is 0. The molecular weight excluding hydrogens is 330 g/mol. The summed E-state index contributed by atoms with van der Waals surface area (Å²) in [5.41, 5.74) is 4.89. The van der Waals surface area contributed by atoms with Gasteiger partial charge in [0.1, 0.15) is 11.1 Å². The van der Waals surface area contributed by atoms with Crippen LogP contribution in [0.4, 0.5) is 0 Å². The molecule has 1 aromatic carbocycles. The lowest BCUT2D eigenvalue weighted by atomic mass is 10.00. The molecular formula is C20H21N3OS. The van der Waals surface area contributed by atoms with Crippen LogP contribution in [0.2, 0.25) is 0 Å². The third-order valence-corrected chi connectivity index (χ3v) is 5.58. The molecule has 25 heavy (non-hydrogen) atoms. The SMILES string of the molecule is Cc1cc(C)c(C#N)c(SC(C)C(=O)N2CCc3ccccc3C2)n1. The monoisotopic (exact) mass is 351 g/mol. The molecule has 2 aromatic rings. The maximum absolute atomic E-state index is 12.9. The Hall–Kier alpha value is -2.32. The standard InChI is InChI=1S/C20H21N3OS/c1-13-10-14(2)22-19(18(13)11-21)25-15(3)20(24)23-9-8-16-6-4-5-7-17(16)12-23/h4-7,10,15H,8-9,12H2,1-3H3. The molecule has 0 spiro atoms. The number of aromatic nitrogens is 1. The van der Waals surface area contributed by atoms with E-state index >= 15 is 0 Å². The Morgan fingerprint density at radius 2 is 2.04 bits per heavy atom. The average Bonchev–Trinajstić information content (AvgIpc) is 2.60. The van der Waals surface area contributed by atoms with Gasteiger partial charge in [-0.15, -0.1) is 0 Å². The van der Waals surface area contributed by atoms with Crippen molar-refractivity contribution in [3.05, 3.63) is 58.3 Å². The highest BCUT2D eigenvalue weighted by atomic mass is 32.2. The first kappa shape index (κ1) is 17.5. The van der Waals surface area contributed by atoms with E-state index in [1.54, 1.807) is 0 Å². The first-order chi connectivity index (χ1) is 12.0. The molecule has 0 aliphatic carbocycles. The van der Waals surface area contributed by atoms with Gasteiger partial charge in [0.05, 0.1) is 10.8 Å². The fourth-order valence-electron chi connectivity index (χ4n) is 3.18. The van der Waals surface area contributed by atoms with Crippen LogP contribution >= 0.6 is 11.8 Å². The number of hydrogen-bond acceptors (Lipinski definition) is 4. The predicted octanol–water partition coefficient (Wildman–Crippen LogP) is 3.64. The van der Waals surface area contributed by atoms with Crippen LogP contribution in [0, 0.1) is 25.2 Å². The number of nitrogens with zero attached hydrogens (tertiary/aromatic N) is 3. The topological polar surface area (TPSA) is 57.0 Å². The van der Waals surface area contributed by atoms with Gasteiger partial charge in [-0.25, -0.2) is 4.98 Å². The van der Waals surface area contributed by atoms with E-state index in [1.807, 2.05) is 43.9 Å². The molecule has 0 radical (unpaired) electrons. The molecule has 1 unspecified atom stereocenters. The number of hydrogen-bond donors (Lipinski definition) is 0. The van der Waals surface area contributed by atoms with E-state index < -0.39 is 0 Å². The van der Waals surface area contributed by atoms with Crippen molar-refractivity contribution in [3.63, 3.8) is 0 Å². The van der Waals surface area contributed by atoms with Gasteiger partial charge in [-0.05, 0) is 49.9 Å². The van der Waals surface area contributed by atoms with Crippen LogP contribution in [0.15, 0.2) is 35.4 Å². The molecule has 1 amide bonds. The summed E-state index contributed by atoms with van der Waals surface area (Å²) >= 11 is 1.38. The summed E-state index contributed by atoms with van der Waals surface area (Å²) in [6.07, 6.45) is 0.893. The molecule has 1 aliphatic rings. The normalized spacial score (nSPS) is 14.6. The Balaban J connectivity index is 1.75. The van der Waals surface area contributed by atoms with Crippen LogP contribution in [-0.4, -0.2) is 27.6 Å². The van der Waals surface area contributed by atoms with Crippen molar-refractivity contribution in [2.75, 3.05) is 6.54 Å². The molecule has 1 atom stereocenters. The summed E-state index contributed by atoms with van der Waals surface area (Å²) in [5, 5.41) is 9.78. The number of benzene rings is 1. The summed E-state index contributed by atoms with van der Waals surface area (Å²) in [6.45, 7) is 7.11. The van der Waals surface area contributed by atoms with Gasteiger partial charge in [0.15, 0.2) is 0 Å². The third-order valence-electron chi connectivity index (χ3n) is 4.50. The minimum absolute atomic E-state index is 0.101. The number of carbonyl (C=O) groups excluding carboxylic acids is 1. The number of aryl methyl sites for hydroxylation is 2. The van der Waals surface area contributed by atoms with Crippen molar-refractivity contribution in [1.29, 1.82) is 5.26 Å². The zero-order valence-electron chi connectivity index (χ0n) is 14.7. The van der Waals surface area contributed by atoms with E-state index in [2.05, 4.69) is 23.2 Å². The Labute approximate surface area is 152 Å². The molecule has 4 nitrogen and oxygen atoms in total. The Kier molecular flexibility index (Phi) is 5.10. The summed E-state index contributed by atoms with van der Waals surface area (Å²) in [6, 6.07) is 12.4. The van der Waals surface area contributed by atoms with E-state index in [1.165, 1.54) is 22.9 Å². The highest BCUT2D eigenvalue weighted by Crippen LogP contribution is 2.29. The number of pyridine rings is 1. The second kappa shape index (κ2) is 7.28. The van der Waals surface area contributed by atoms with Crippen molar-refractivity contribution in [3.8, 4) is 6.07 Å². The van der Waals surface area contributed by atoms with E-state index in [0.29, 0.717) is 17.1 Å². The molecule has 0 bridgehead atoms. The lowest BCUT2D eigenvalue weighted by molar-refractivity contribution is -0.131. The lowest BCUT2D eigenvalue weighted by Crippen LogP contribution is -2.40. The molecule has 1 aromatic heterocycles. The molecule has 128 valence electrons. The number of nitriles is 1. The lowest BCUT2D eigenvalue weighted by Gasteiger charge is -2.30. The van der Waals surface area contributed by atoms with Crippen LogP contribution in [0.5, 0.6) is 0 Å². The minimum atomic E-state index is -0.272. The quantitative estimate of drug-likeness (QED) is 0.792. The Bertz CT molecular complexity index is 857. The number of amides is 1. The van der Waals surface area contributed by atoms with Gasteiger partial charge in [-0.1, -0.05) is 36.0 Å². The van der Waals surface area contributed by atoms with Gasteiger partial charge in [-0.2, -0.15) is 5.26 Å². The van der Waals surface area contributed by atoms with Gasteiger partial charge in [-0.3, -0.25) is 4.79 Å². The van der Waals surface area contributed by atoms with Crippen LogP contribution in [0.3, 0.4) is 0 Å². The van der Waals surface area contributed by atoms with Crippen LogP contribution < -0.4 is 0 Å². The zero-order chi connectivity index (χ0) is 18.0. The zero-order valence-corrected chi connectivity index (χ0v) is 15.6. The minimum Gasteiger partial charge on any atom is -0.337 e. The molecule has 1 aliphatic heterocycles. The largest absolute Gasteiger partial charge is 0.337 e. The number of thioether (sulfide) groups is 1. The molecule has 3 rings (SSSR count). The Morgan fingerprint density at radius 3 is 2.76 bits per heavy atom. The maximum Gasteiger partial charge on any atom is 0.236 e. The van der Waals surface area contributed by atoms with E-state index in [-0.39, 0.29) is 11.2 Å². The molecule has 0 N–H and O–H groups in total. The van der Waals surface area contributed by atoms with Crippen LogP contribution in [-0.2, 0) is 17.8 Å². The van der Waals surface area contributed by atoms with Gasteiger partial charge in [0.25, 0.3) is 0 Å². The van der Waals surface area contributed by atoms with Gasteiger partial charge >= 0.3 is 0 Å². The predicted molar refractivity (Wildman–Crippen MR) is 99.3 cm³/mol. The second-order valence-electron chi connectivity index (χ2n) is 6.41. The smallest absolute Gasteiger partial charge is 0.236 e. The van der Waals surface area contributed by atoms with E-state index in [4.69, 9.17) is 0 Å². The van der Waals surface area contributed by atoms with Crippen molar-refractivity contribution in [2.45, 2.75) is 44.0 Å². The van der Waals surface area contributed by atoms with E-state index in [0.717, 1.165) is 24.2 Å². The highest BCUT2D eigenvalue weighted by molar-refractivity contribution is 8.00. The average molecular weight is 351 g/mol. The van der Waals surface area contributed by atoms with Crippen LogP contribution in [0.1, 0.15) is 34.9 Å². The third kappa shape index (κ3) is 3.69. The molecule has 5 heteroatoms. The van der Waals surface area contributed by atoms with Gasteiger partial charge in [0, 0.05) is 18.8 Å². The van der Waals surface area contributed by atoms with Crippen LogP contribution in [0.25, 0.3) is 0 Å². The second-order valence-corrected chi connectivity index (χ2v) is 7.74. The van der Waals surface area contributed by atoms with E-state index in [9.17, 15) is 10.1 Å². The van der Waals surface area contributed by atoms with Crippen molar-refractivity contribution >= 4 is 17.7 Å². The van der Waals surface area contributed by atoms with Crippen molar-refractivity contribution < 1.29 is 4.79 Å². The first-order valence-corrected chi connectivity index (χ1v) is 9.28. The molecule has 0 fully saturated rings. The van der Waals surface area contributed by atoms with Crippen molar-refractivity contribution in [1.82, 2.24) is 9.88 Å². The molecule has 0 saturated heterocycles. The molecule has 2 heterocycles.